The van der Waals surface area contributed by atoms with E-state index in [2.05, 4.69) is 32.2 Å². The number of ether oxygens (including phenoxy) is 1. The highest BCUT2D eigenvalue weighted by atomic mass is 16.5. The van der Waals surface area contributed by atoms with Gasteiger partial charge in [0.05, 0.1) is 6.10 Å². The standard InChI is InChI=1S/C18H31NO2/c1-5-8-19-11-16-10-18(21-15(16)4)12-20-17-7-6-13(2)14(3)9-17/h10,13-14,17,19H,5-9,11-12H2,1-4H3. The molecule has 1 aliphatic rings. The summed E-state index contributed by atoms with van der Waals surface area (Å²) in [5, 5.41) is 3.42. The van der Waals surface area contributed by atoms with Crippen LogP contribution in [0.15, 0.2) is 10.5 Å². The summed E-state index contributed by atoms with van der Waals surface area (Å²) in [6.45, 7) is 11.5. The molecule has 1 aliphatic carbocycles. The first kappa shape index (κ1) is 16.6. The van der Waals surface area contributed by atoms with Crippen molar-refractivity contribution in [1.29, 1.82) is 0 Å². The van der Waals surface area contributed by atoms with Crippen LogP contribution in [0.25, 0.3) is 0 Å². The van der Waals surface area contributed by atoms with E-state index < -0.39 is 0 Å². The molecule has 1 heterocycles. The van der Waals surface area contributed by atoms with Crippen LogP contribution in [-0.2, 0) is 17.9 Å². The minimum atomic E-state index is 0.406. The van der Waals surface area contributed by atoms with Crippen molar-refractivity contribution in [2.75, 3.05) is 6.54 Å². The third kappa shape index (κ3) is 4.86. The van der Waals surface area contributed by atoms with Crippen LogP contribution in [0.4, 0.5) is 0 Å². The lowest BCUT2D eigenvalue weighted by Crippen LogP contribution is -2.26. The van der Waals surface area contributed by atoms with Crippen LogP contribution in [0.3, 0.4) is 0 Å². The summed E-state index contributed by atoms with van der Waals surface area (Å²) in [6, 6.07) is 2.15. The van der Waals surface area contributed by atoms with Crippen molar-refractivity contribution >= 4 is 0 Å². The van der Waals surface area contributed by atoms with Gasteiger partial charge in [-0.05, 0) is 57.1 Å². The maximum Gasteiger partial charge on any atom is 0.130 e. The third-order valence-corrected chi connectivity index (χ3v) is 4.83. The predicted molar refractivity (Wildman–Crippen MR) is 86.2 cm³/mol. The van der Waals surface area contributed by atoms with Gasteiger partial charge in [-0.1, -0.05) is 20.8 Å². The summed E-state index contributed by atoms with van der Waals surface area (Å²) < 4.78 is 11.9. The van der Waals surface area contributed by atoms with E-state index in [-0.39, 0.29) is 0 Å². The van der Waals surface area contributed by atoms with Crippen molar-refractivity contribution in [2.45, 2.75) is 72.6 Å². The van der Waals surface area contributed by atoms with Gasteiger partial charge in [-0.2, -0.15) is 0 Å². The lowest BCUT2D eigenvalue weighted by atomic mass is 9.80. The molecule has 0 aliphatic heterocycles. The maximum atomic E-state index is 6.07. The third-order valence-electron chi connectivity index (χ3n) is 4.83. The van der Waals surface area contributed by atoms with Gasteiger partial charge in [0.15, 0.2) is 0 Å². The molecule has 0 radical (unpaired) electrons. The van der Waals surface area contributed by atoms with Crippen molar-refractivity contribution in [3.8, 4) is 0 Å². The van der Waals surface area contributed by atoms with Gasteiger partial charge in [0, 0.05) is 12.1 Å². The SMILES string of the molecule is CCCNCc1cc(COC2CCC(C)C(C)C2)oc1C. The summed E-state index contributed by atoms with van der Waals surface area (Å²) >= 11 is 0. The molecule has 0 aromatic carbocycles. The fourth-order valence-electron chi connectivity index (χ4n) is 3.08. The fraction of sp³-hybridized carbons (Fsp3) is 0.778. The van der Waals surface area contributed by atoms with Gasteiger partial charge in [0.1, 0.15) is 18.1 Å². The molecule has 1 fully saturated rings. The van der Waals surface area contributed by atoms with E-state index in [4.69, 9.17) is 9.15 Å². The molecule has 3 heteroatoms. The molecule has 21 heavy (non-hydrogen) atoms. The number of hydrogen-bond donors (Lipinski definition) is 1. The molecule has 0 amide bonds. The van der Waals surface area contributed by atoms with Gasteiger partial charge in [-0.3, -0.25) is 0 Å². The fourth-order valence-corrected chi connectivity index (χ4v) is 3.08. The summed E-state index contributed by atoms with van der Waals surface area (Å²) in [7, 11) is 0. The van der Waals surface area contributed by atoms with Gasteiger partial charge in [0.25, 0.3) is 0 Å². The van der Waals surface area contributed by atoms with Crippen LogP contribution < -0.4 is 5.32 Å². The van der Waals surface area contributed by atoms with Crippen LogP contribution in [0.1, 0.15) is 63.5 Å². The average Bonchev–Trinajstić information content (AvgIpc) is 2.81. The number of aryl methyl sites for hydroxylation is 1. The smallest absolute Gasteiger partial charge is 0.130 e. The van der Waals surface area contributed by atoms with Gasteiger partial charge in [-0.15, -0.1) is 0 Å². The minimum Gasteiger partial charge on any atom is -0.464 e. The predicted octanol–water partition coefficient (Wildman–Crippen LogP) is 4.43. The maximum absolute atomic E-state index is 6.07. The first-order valence-corrected chi connectivity index (χ1v) is 8.50. The largest absolute Gasteiger partial charge is 0.464 e. The molecule has 0 spiro atoms. The van der Waals surface area contributed by atoms with Crippen LogP contribution in [-0.4, -0.2) is 12.6 Å². The molecule has 2 rings (SSSR count). The highest BCUT2D eigenvalue weighted by Gasteiger charge is 2.25. The Morgan fingerprint density at radius 2 is 2.10 bits per heavy atom. The number of nitrogens with one attached hydrogen (secondary N) is 1. The second kappa shape index (κ2) is 8.00. The highest BCUT2D eigenvalue weighted by molar-refractivity contribution is 5.20. The summed E-state index contributed by atoms with van der Waals surface area (Å²) in [4.78, 5) is 0. The van der Waals surface area contributed by atoms with Crippen molar-refractivity contribution in [3.05, 3.63) is 23.2 Å². The Bertz CT molecular complexity index is 427. The molecule has 120 valence electrons. The summed E-state index contributed by atoms with van der Waals surface area (Å²) in [5.41, 5.74) is 1.26. The van der Waals surface area contributed by atoms with Crippen molar-refractivity contribution in [1.82, 2.24) is 5.32 Å². The van der Waals surface area contributed by atoms with E-state index >= 15 is 0 Å². The van der Waals surface area contributed by atoms with Gasteiger partial charge in [0.2, 0.25) is 0 Å². The molecule has 3 unspecified atom stereocenters. The lowest BCUT2D eigenvalue weighted by molar-refractivity contribution is -0.0141. The topological polar surface area (TPSA) is 34.4 Å². The molecular weight excluding hydrogens is 262 g/mol. The van der Waals surface area contributed by atoms with E-state index in [1.807, 2.05) is 6.92 Å². The van der Waals surface area contributed by atoms with Crippen LogP contribution in [0.5, 0.6) is 0 Å². The molecule has 3 nitrogen and oxygen atoms in total. The molecule has 0 saturated heterocycles. The Kier molecular flexibility index (Phi) is 6.31. The summed E-state index contributed by atoms with van der Waals surface area (Å²) in [5.74, 6) is 3.60. The van der Waals surface area contributed by atoms with E-state index in [1.165, 1.54) is 24.8 Å². The molecule has 1 saturated carbocycles. The van der Waals surface area contributed by atoms with Crippen LogP contribution in [0.2, 0.25) is 0 Å². The normalized spacial score (nSPS) is 26.2. The molecule has 1 aromatic rings. The zero-order valence-electron chi connectivity index (χ0n) is 14.1. The van der Waals surface area contributed by atoms with Crippen LogP contribution >= 0.6 is 0 Å². The second-order valence-corrected chi connectivity index (χ2v) is 6.67. The Labute approximate surface area is 129 Å². The molecule has 1 aromatic heterocycles. The Morgan fingerprint density at radius 1 is 1.29 bits per heavy atom. The molecular formula is C18H31NO2. The number of rotatable bonds is 7. The van der Waals surface area contributed by atoms with Crippen LogP contribution in [0, 0.1) is 18.8 Å². The Hall–Kier alpha value is -0.800. The first-order valence-electron chi connectivity index (χ1n) is 8.50. The average molecular weight is 293 g/mol. The monoisotopic (exact) mass is 293 g/mol. The molecule has 3 atom stereocenters. The Morgan fingerprint density at radius 3 is 2.81 bits per heavy atom. The minimum absolute atomic E-state index is 0.406. The Balaban J connectivity index is 1.79. The quantitative estimate of drug-likeness (QED) is 0.755. The van der Waals surface area contributed by atoms with Crippen molar-refractivity contribution < 1.29 is 9.15 Å². The van der Waals surface area contributed by atoms with Gasteiger partial charge in [-0.25, -0.2) is 0 Å². The number of hydrogen-bond acceptors (Lipinski definition) is 3. The van der Waals surface area contributed by atoms with Crippen molar-refractivity contribution in [3.63, 3.8) is 0 Å². The van der Waals surface area contributed by atoms with Gasteiger partial charge < -0.3 is 14.5 Å². The number of furan rings is 1. The zero-order valence-corrected chi connectivity index (χ0v) is 14.1. The van der Waals surface area contributed by atoms with E-state index in [0.29, 0.717) is 12.7 Å². The van der Waals surface area contributed by atoms with E-state index in [1.54, 1.807) is 0 Å². The van der Waals surface area contributed by atoms with Gasteiger partial charge >= 0.3 is 0 Å². The van der Waals surface area contributed by atoms with E-state index in [9.17, 15) is 0 Å². The highest BCUT2D eigenvalue weighted by Crippen LogP contribution is 2.31. The second-order valence-electron chi connectivity index (χ2n) is 6.67. The summed E-state index contributed by atoms with van der Waals surface area (Å²) in [6.07, 6.45) is 5.23. The van der Waals surface area contributed by atoms with E-state index in [0.717, 1.165) is 42.9 Å². The molecule has 0 bridgehead atoms. The zero-order chi connectivity index (χ0) is 15.2. The molecule has 1 N–H and O–H groups in total. The van der Waals surface area contributed by atoms with Crippen molar-refractivity contribution in [2.24, 2.45) is 11.8 Å². The first-order chi connectivity index (χ1) is 10.1. The lowest BCUT2D eigenvalue weighted by Gasteiger charge is -2.31.